The minimum atomic E-state index is -0.315. The van der Waals surface area contributed by atoms with Crippen molar-refractivity contribution in [2.45, 2.75) is 74.7 Å². The largest absolute Gasteiger partial charge is 0.299 e. The summed E-state index contributed by atoms with van der Waals surface area (Å²) in [7, 11) is 0. The summed E-state index contributed by atoms with van der Waals surface area (Å²) < 4.78 is 0. The molecule has 0 aliphatic rings. The maximum atomic E-state index is 12.5. The molecule has 0 aliphatic carbocycles. The first-order valence-electron chi connectivity index (χ1n) is 7.43. The van der Waals surface area contributed by atoms with Gasteiger partial charge in [0.15, 0.2) is 0 Å². The molecule has 0 unspecified atom stereocenters. The molecule has 0 aromatic heterocycles. The Morgan fingerprint density at radius 3 is 1.68 bits per heavy atom. The van der Waals surface area contributed by atoms with E-state index in [4.69, 9.17) is 0 Å². The van der Waals surface area contributed by atoms with Crippen LogP contribution in [0.15, 0.2) is 0 Å². The molecule has 1 atom stereocenters. The summed E-state index contributed by atoms with van der Waals surface area (Å²) >= 11 is 0. The van der Waals surface area contributed by atoms with Crippen molar-refractivity contribution in [1.29, 1.82) is 0 Å². The molecule has 0 aliphatic heterocycles. The fourth-order valence-electron chi connectivity index (χ4n) is 2.22. The molecule has 19 heavy (non-hydrogen) atoms. The molecule has 0 radical (unpaired) electrons. The molecule has 0 N–H and O–H groups in total. The van der Waals surface area contributed by atoms with Crippen molar-refractivity contribution < 1.29 is 9.59 Å². The number of rotatable bonds is 6. The van der Waals surface area contributed by atoms with E-state index in [-0.39, 0.29) is 22.5 Å². The van der Waals surface area contributed by atoms with Crippen LogP contribution in [0.5, 0.6) is 0 Å². The Morgan fingerprint density at radius 1 is 0.895 bits per heavy atom. The number of Topliss-reactive ketones (excluding diaryl/α,β-unsaturated/α-hetero) is 2. The van der Waals surface area contributed by atoms with Crippen molar-refractivity contribution >= 4 is 11.6 Å². The summed E-state index contributed by atoms with van der Waals surface area (Å²) in [5.41, 5.74) is -0.614. The average molecular weight is 268 g/mol. The summed E-state index contributed by atoms with van der Waals surface area (Å²) in [4.78, 5) is 24.5. The van der Waals surface area contributed by atoms with Crippen molar-refractivity contribution in [1.82, 2.24) is 0 Å². The van der Waals surface area contributed by atoms with Gasteiger partial charge in [0.05, 0.1) is 0 Å². The van der Waals surface area contributed by atoms with Crippen LogP contribution in [-0.4, -0.2) is 11.6 Å². The van der Waals surface area contributed by atoms with Gasteiger partial charge in [0.1, 0.15) is 11.6 Å². The Bertz CT molecular complexity index is 313. The number of hydrogen-bond donors (Lipinski definition) is 0. The quantitative estimate of drug-likeness (QED) is 0.702. The van der Waals surface area contributed by atoms with Crippen molar-refractivity contribution in [3.63, 3.8) is 0 Å². The Kier molecular flexibility index (Phi) is 6.44. The number of ketones is 2. The predicted octanol–water partition coefficient (Wildman–Crippen LogP) is 4.66. The molecule has 0 spiro atoms. The standard InChI is InChI=1S/C17H32O2/c1-12(2)11-13(15(19)17(6,7)8)9-10-14(18)16(3,4)5/h12-13H,9-11H2,1-8H3/t13-/m1/s1. The lowest BCUT2D eigenvalue weighted by Crippen LogP contribution is -2.30. The Morgan fingerprint density at radius 2 is 1.37 bits per heavy atom. The molecule has 0 heterocycles. The van der Waals surface area contributed by atoms with Crippen molar-refractivity contribution in [2.24, 2.45) is 22.7 Å². The highest BCUT2D eigenvalue weighted by molar-refractivity contribution is 5.87. The Labute approximate surface area is 119 Å². The van der Waals surface area contributed by atoms with Crippen LogP contribution in [0.3, 0.4) is 0 Å². The highest BCUT2D eigenvalue weighted by atomic mass is 16.1. The Balaban J connectivity index is 4.72. The zero-order chi connectivity index (χ0) is 15.4. The topological polar surface area (TPSA) is 34.1 Å². The van der Waals surface area contributed by atoms with Gasteiger partial charge < -0.3 is 0 Å². The summed E-state index contributed by atoms with van der Waals surface area (Å²) in [5.74, 6) is 1.05. The highest BCUT2D eigenvalue weighted by Gasteiger charge is 2.31. The van der Waals surface area contributed by atoms with Gasteiger partial charge in [-0.2, -0.15) is 0 Å². The van der Waals surface area contributed by atoms with E-state index in [1.165, 1.54) is 0 Å². The second-order valence-electron chi connectivity index (χ2n) is 8.15. The van der Waals surface area contributed by atoms with Crippen LogP contribution < -0.4 is 0 Å². The average Bonchev–Trinajstić information content (AvgIpc) is 2.19. The third-order valence-corrected chi connectivity index (χ3v) is 3.42. The molecule has 0 bridgehead atoms. The minimum Gasteiger partial charge on any atom is -0.299 e. The van der Waals surface area contributed by atoms with Gasteiger partial charge in [0.2, 0.25) is 0 Å². The molecule has 0 aromatic rings. The first-order chi connectivity index (χ1) is 8.35. The molecule has 2 nitrogen and oxygen atoms in total. The molecule has 2 heteroatoms. The smallest absolute Gasteiger partial charge is 0.141 e. The zero-order valence-electron chi connectivity index (χ0n) is 14.1. The first kappa shape index (κ1) is 18.3. The molecular formula is C17H32O2. The molecule has 0 aromatic carbocycles. The summed E-state index contributed by atoms with van der Waals surface area (Å²) in [6.07, 6.45) is 2.10. The minimum absolute atomic E-state index is 0.0197. The zero-order valence-corrected chi connectivity index (χ0v) is 14.1. The normalized spacial score (nSPS) is 14.6. The van der Waals surface area contributed by atoms with E-state index in [1.54, 1.807) is 0 Å². The van der Waals surface area contributed by atoms with Crippen LogP contribution in [0.25, 0.3) is 0 Å². The van der Waals surface area contributed by atoms with Gasteiger partial charge in [0, 0.05) is 23.2 Å². The monoisotopic (exact) mass is 268 g/mol. The molecule has 0 saturated carbocycles. The van der Waals surface area contributed by atoms with E-state index in [2.05, 4.69) is 13.8 Å². The Hall–Kier alpha value is -0.660. The summed E-state index contributed by atoms with van der Waals surface area (Å²) in [6, 6.07) is 0. The molecule has 0 saturated heterocycles. The fourth-order valence-corrected chi connectivity index (χ4v) is 2.22. The second kappa shape index (κ2) is 6.67. The van der Waals surface area contributed by atoms with Crippen LogP contribution in [0, 0.1) is 22.7 Å². The van der Waals surface area contributed by atoms with Gasteiger partial charge in [-0.1, -0.05) is 55.4 Å². The maximum Gasteiger partial charge on any atom is 0.141 e. The second-order valence-corrected chi connectivity index (χ2v) is 8.15. The summed E-state index contributed by atoms with van der Waals surface area (Å²) in [6.45, 7) is 16.0. The van der Waals surface area contributed by atoms with Gasteiger partial charge in [0.25, 0.3) is 0 Å². The van der Waals surface area contributed by atoms with Crippen LogP contribution in [0.2, 0.25) is 0 Å². The molecule has 0 fully saturated rings. The first-order valence-corrected chi connectivity index (χ1v) is 7.43. The molecule has 112 valence electrons. The third kappa shape index (κ3) is 6.89. The molecular weight excluding hydrogens is 236 g/mol. The predicted molar refractivity (Wildman–Crippen MR) is 81.1 cm³/mol. The van der Waals surface area contributed by atoms with E-state index in [0.29, 0.717) is 24.5 Å². The van der Waals surface area contributed by atoms with E-state index in [9.17, 15) is 9.59 Å². The third-order valence-electron chi connectivity index (χ3n) is 3.42. The van der Waals surface area contributed by atoms with Crippen LogP contribution in [-0.2, 0) is 9.59 Å². The van der Waals surface area contributed by atoms with E-state index < -0.39 is 0 Å². The van der Waals surface area contributed by atoms with E-state index in [0.717, 1.165) is 6.42 Å². The maximum absolute atomic E-state index is 12.5. The number of hydrogen-bond acceptors (Lipinski definition) is 2. The number of carbonyl (C=O) groups is 2. The van der Waals surface area contributed by atoms with E-state index in [1.807, 2.05) is 41.5 Å². The van der Waals surface area contributed by atoms with Crippen LogP contribution >= 0.6 is 0 Å². The van der Waals surface area contributed by atoms with Crippen molar-refractivity contribution in [2.75, 3.05) is 0 Å². The van der Waals surface area contributed by atoms with Gasteiger partial charge >= 0.3 is 0 Å². The lowest BCUT2D eigenvalue weighted by atomic mass is 9.76. The van der Waals surface area contributed by atoms with Crippen LogP contribution in [0.4, 0.5) is 0 Å². The highest BCUT2D eigenvalue weighted by Crippen LogP contribution is 2.29. The van der Waals surface area contributed by atoms with Gasteiger partial charge in [-0.25, -0.2) is 0 Å². The van der Waals surface area contributed by atoms with Crippen LogP contribution in [0.1, 0.15) is 74.7 Å². The van der Waals surface area contributed by atoms with E-state index >= 15 is 0 Å². The van der Waals surface area contributed by atoms with Gasteiger partial charge in [-0.05, 0) is 18.8 Å². The van der Waals surface area contributed by atoms with Gasteiger partial charge in [-0.15, -0.1) is 0 Å². The lowest BCUT2D eigenvalue weighted by Gasteiger charge is -2.26. The van der Waals surface area contributed by atoms with Crippen molar-refractivity contribution in [3.05, 3.63) is 0 Å². The fraction of sp³-hybridized carbons (Fsp3) is 0.882. The lowest BCUT2D eigenvalue weighted by molar-refractivity contribution is -0.132. The summed E-state index contributed by atoms with van der Waals surface area (Å²) in [5, 5.41) is 0. The van der Waals surface area contributed by atoms with Gasteiger partial charge in [-0.3, -0.25) is 9.59 Å². The SMILES string of the molecule is CC(C)C[C@@H](CCC(=O)C(C)(C)C)C(=O)C(C)(C)C. The number of carbonyl (C=O) groups excluding carboxylic acids is 2. The molecule has 0 rings (SSSR count). The van der Waals surface area contributed by atoms with Crippen molar-refractivity contribution in [3.8, 4) is 0 Å². The molecule has 0 amide bonds.